The fraction of sp³-hybridized carbons (Fsp3) is 1.00. The topological polar surface area (TPSA) is 64.5 Å². The number of nitrogens with one attached hydrogen (secondary N) is 2. The van der Waals surface area contributed by atoms with Gasteiger partial charge in [0.2, 0.25) is 0 Å². The maximum atomic E-state index is 9.12. The fourth-order valence-corrected chi connectivity index (χ4v) is 1.54. The molecule has 0 aliphatic heterocycles. The van der Waals surface area contributed by atoms with Crippen molar-refractivity contribution in [1.82, 2.24) is 10.6 Å². The van der Waals surface area contributed by atoms with Crippen LogP contribution in [0.5, 0.6) is 0 Å². The average molecular weight is 232 g/mol. The van der Waals surface area contributed by atoms with Gasteiger partial charge in [0, 0.05) is 25.2 Å². The molecule has 4 N–H and O–H groups in total. The highest BCUT2D eigenvalue weighted by molar-refractivity contribution is 4.72. The predicted molar refractivity (Wildman–Crippen MR) is 67.4 cm³/mol. The summed E-state index contributed by atoms with van der Waals surface area (Å²) in [7, 11) is 0. The van der Waals surface area contributed by atoms with Crippen molar-refractivity contribution >= 4 is 0 Å². The molecule has 0 spiro atoms. The van der Waals surface area contributed by atoms with E-state index in [0.717, 1.165) is 13.1 Å². The molecule has 0 amide bonds. The average Bonchev–Trinajstić information content (AvgIpc) is 2.22. The van der Waals surface area contributed by atoms with Gasteiger partial charge in [0.1, 0.15) is 0 Å². The molecule has 0 aromatic carbocycles. The summed E-state index contributed by atoms with van der Waals surface area (Å²) in [6.45, 7) is 10.3. The molecule has 0 fully saturated rings. The maximum Gasteiger partial charge on any atom is 0.0587 e. The van der Waals surface area contributed by atoms with Crippen molar-refractivity contribution in [3.8, 4) is 0 Å². The molecule has 4 nitrogen and oxygen atoms in total. The van der Waals surface area contributed by atoms with Gasteiger partial charge in [0.05, 0.1) is 13.2 Å². The van der Waals surface area contributed by atoms with E-state index in [-0.39, 0.29) is 25.3 Å². The first-order valence-electron chi connectivity index (χ1n) is 6.21. The quantitative estimate of drug-likeness (QED) is 0.429. The molecule has 0 bridgehead atoms. The van der Waals surface area contributed by atoms with E-state index in [1.807, 2.05) is 0 Å². The second-order valence-electron chi connectivity index (χ2n) is 4.97. The summed E-state index contributed by atoms with van der Waals surface area (Å²) in [6, 6.07) is 0.321. The Morgan fingerprint density at radius 3 is 1.25 bits per heavy atom. The molecule has 0 aromatic heterocycles. The number of rotatable bonds is 9. The highest BCUT2D eigenvalue weighted by Gasteiger charge is 2.12. The van der Waals surface area contributed by atoms with Crippen LogP contribution in [0.25, 0.3) is 0 Å². The van der Waals surface area contributed by atoms with Gasteiger partial charge in [0.25, 0.3) is 0 Å². The Labute approximate surface area is 99.4 Å². The van der Waals surface area contributed by atoms with Crippen LogP contribution in [-0.2, 0) is 0 Å². The molecule has 0 rings (SSSR count). The normalized spacial score (nSPS) is 15.8. The Bertz CT molecular complexity index is 145. The van der Waals surface area contributed by atoms with E-state index in [2.05, 4.69) is 38.3 Å². The van der Waals surface area contributed by atoms with E-state index in [1.54, 1.807) is 0 Å². The Morgan fingerprint density at radius 1 is 0.750 bits per heavy atom. The number of hydrogen-bond acceptors (Lipinski definition) is 4. The first-order chi connectivity index (χ1) is 7.52. The molecule has 0 aliphatic rings. The zero-order valence-corrected chi connectivity index (χ0v) is 11.0. The van der Waals surface area contributed by atoms with Crippen molar-refractivity contribution < 1.29 is 10.2 Å². The summed E-state index contributed by atoms with van der Waals surface area (Å²) in [5.41, 5.74) is 0. The summed E-state index contributed by atoms with van der Waals surface area (Å²) < 4.78 is 0. The van der Waals surface area contributed by atoms with Crippen LogP contribution in [0, 0.1) is 11.8 Å². The van der Waals surface area contributed by atoms with Crippen LogP contribution in [0.4, 0.5) is 0 Å². The van der Waals surface area contributed by atoms with Crippen LogP contribution in [0.2, 0.25) is 0 Å². The maximum absolute atomic E-state index is 9.12. The first kappa shape index (κ1) is 15.8. The zero-order chi connectivity index (χ0) is 12.6. The van der Waals surface area contributed by atoms with Crippen LogP contribution >= 0.6 is 0 Å². The molecule has 0 aromatic rings. The smallest absolute Gasteiger partial charge is 0.0587 e. The van der Waals surface area contributed by atoms with Gasteiger partial charge in [-0.25, -0.2) is 0 Å². The van der Waals surface area contributed by atoms with Crippen molar-refractivity contribution in [3.05, 3.63) is 0 Å². The third kappa shape index (κ3) is 6.43. The second-order valence-corrected chi connectivity index (χ2v) is 4.97. The summed E-state index contributed by atoms with van der Waals surface area (Å²) in [5, 5.41) is 24.8. The third-order valence-electron chi connectivity index (χ3n) is 2.94. The van der Waals surface area contributed by atoms with Crippen LogP contribution in [-0.4, -0.2) is 48.6 Å². The highest BCUT2D eigenvalue weighted by Crippen LogP contribution is 2.00. The molecule has 2 atom stereocenters. The van der Waals surface area contributed by atoms with Gasteiger partial charge in [-0.1, -0.05) is 27.7 Å². The van der Waals surface area contributed by atoms with Crippen molar-refractivity contribution in [2.75, 3.05) is 26.3 Å². The molecule has 0 saturated carbocycles. The molecule has 0 aliphatic carbocycles. The van der Waals surface area contributed by atoms with Crippen molar-refractivity contribution in [2.24, 2.45) is 11.8 Å². The minimum Gasteiger partial charge on any atom is -0.395 e. The lowest BCUT2D eigenvalue weighted by atomic mass is 10.1. The van der Waals surface area contributed by atoms with Crippen LogP contribution in [0.1, 0.15) is 27.7 Å². The summed E-state index contributed by atoms with van der Waals surface area (Å²) in [5.74, 6) is 0.868. The summed E-state index contributed by atoms with van der Waals surface area (Å²) >= 11 is 0. The largest absolute Gasteiger partial charge is 0.395 e. The molecule has 0 radical (unpaired) electrons. The molecular formula is C12H28N2O2. The lowest BCUT2D eigenvalue weighted by Crippen LogP contribution is -2.44. The molecule has 0 unspecified atom stereocenters. The van der Waals surface area contributed by atoms with E-state index < -0.39 is 0 Å². The zero-order valence-electron chi connectivity index (χ0n) is 11.0. The SMILES string of the molecule is CC(C)[C@H](CO)NCCN[C@@H](CO)C(C)C. The predicted octanol–water partition coefficient (Wildman–Crippen LogP) is 0.199. The van der Waals surface area contributed by atoms with Gasteiger partial charge < -0.3 is 20.8 Å². The van der Waals surface area contributed by atoms with Gasteiger partial charge in [-0.15, -0.1) is 0 Å². The minimum absolute atomic E-state index is 0.161. The van der Waals surface area contributed by atoms with Crippen molar-refractivity contribution in [1.29, 1.82) is 0 Å². The number of aliphatic hydroxyl groups excluding tert-OH is 2. The molecule has 16 heavy (non-hydrogen) atoms. The van der Waals surface area contributed by atoms with Crippen LogP contribution < -0.4 is 10.6 Å². The first-order valence-corrected chi connectivity index (χ1v) is 6.21. The monoisotopic (exact) mass is 232 g/mol. The fourth-order valence-electron chi connectivity index (χ4n) is 1.54. The van der Waals surface area contributed by atoms with E-state index >= 15 is 0 Å². The molecular weight excluding hydrogens is 204 g/mol. The van der Waals surface area contributed by atoms with E-state index in [1.165, 1.54) is 0 Å². The van der Waals surface area contributed by atoms with Gasteiger partial charge in [-0.2, -0.15) is 0 Å². The molecule has 0 heterocycles. The molecule has 0 saturated heterocycles. The Kier molecular flexibility index (Phi) is 8.84. The third-order valence-corrected chi connectivity index (χ3v) is 2.94. The van der Waals surface area contributed by atoms with Crippen LogP contribution in [0.3, 0.4) is 0 Å². The lowest BCUT2D eigenvalue weighted by Gasteiger charge is -2.23. The Hall–Kier alpha value is -0.160. The standard InChI is InChI=1S/C12H28N2O2/c1-9(2)11(7-15)13-5-6-14-12(8-16)10(3)4/h9-16H,5-8H2,1-4H3/t11-,12-/m0/s1. The Morgan fingerprint density at radius 2 is 1.06 bits per heavy atom. The molecule has 98 valence electrons. The Balaban J connectivity index is 3.65. The van der Waals surface area contributed by atoms with Gasteiger partial charge in [-0.3, -0.25) is 0 Å². The number of hydrogen-bond donors (Lipinski definition) is 4. The second kappa shape index (κ2) is 8.93. The van der Waals surface area contributed by atoms with Crippen molar-refractivity contribution in [2.45, 2.75) is 39.8 Å². The minimum atomic E-state index is 0.161. The summed E-state index contributed by atoms with van der Waals surface area (Å²) in [6.07, 6.45) is 0. The van der Waals surface area contributed by atoms with Gasteiger partial charge in [0.15, 0.2) is 0 Å². The van der Waals surface area contributed by atoms with Gasteiger partial charge >= 0.3 is 0 Å². The highest BCUT2D eigenvalue weighted by atomic mass is 16.3. The van der Waals surface area contributed by atoms with E-state index in [4.69, 9.17) is 10.2 Å². The van der Waals surface area contributed by atoms with Gasteiger partial charge in [-0.05, 0) is 11.8 Å². The lowest BCUT2D eigenvalue weighted by molar-refractivity contribution is 0.200. The summed E-state index contributed by atoms with van der Waals surface area (Å²) in [4.78, 5) is 0. The van der Waals surface area contributed by atoms with Crippen LogP contribution in [0.15, 0.2) is 0 Å². The number of aliphatic hydroxyl groups is 2. The van der Waals surface area contributed by atoms with E-state index in [0.29, 0.717) is 11.8 Å². The van der Waals surface area contributed by atoms with E-state index in [9.17, 15) is 0 Å². The van der Waals surface area contributed by atoms with Crippen molar-refractivity contribution in [3.63, 3.8) is 0 Å². The molecule has 4 heteroatoms.